The number of carbonyl (C=O) groups is 2. The summed E-state index contributed by atoms with van der Waals surface area (Å²) in [4.78, 5) is 22.7. The first kappa shape index (κ1) is 16.8. The van der Waals surface area contributed by atoms with Crippen LogP contribution < -0.4 is 14.8 Å². The highest BCUT2D eigenvalue weighted by Gasteiger charge is 2.07. The molecule has 1 amide bonds. The van der Waals surface area contributed by atoms with Gasteiger partial charge in [0.15, 0.2) is 6.61 Å². The second-order valence-corrected chi connectivity index (χ2v) is 5.29. The van der Waals surface area contributed by atoms with Crippen LogP contribution in [0, 0.1) is 6.92 Å². The van der Waals surface area contributed by atoms with Crippen molar-refractivity contribution in [2.24, 2.45) is 0 Å². The van der Waals surface area contributed by atoms with Crippen molar-refractivity contribution < 1.29 is 19.1 Å². The molecule has 5 nitrogen and oxygen atoms in total. The summed E-state index contributed by atoms with van der Waals surface area (Å²) in [7, 11) is 0. The van der Waals surface area contributed by atoms with Gasteiger partial charge in [0, 0.05) is 17.6 Å². The SMILES string of the molecule is CC(=O)Nc1ccc(OC(=O)COc2ccc(Cl)c(C)c2)cc1. The van der Waals surface area contributed by atoms with Gasteiger partial charge in [-0.25, -0.2) is 4.79 Å². The molecular formula is C17H16ClNO4. The maximum absolute atomic E-state index is 11.8. The molecule has 0 aromatic heterocycles. The van der Waals surface area contributed by atoms with E-state index in [-0.39, 0.29) is 12.5 Å². The molecule has 0 bridgehead atoms. The molecule has 120 valence electrons. The third-order valence-electron chi connectivity index (χ3n) is 2.89. The number of anilines is 1. The molecule has 0 unspecified atom stereocenters. The second kappa shape index (κ2) is 7.65. The number of rotatable bonds is 5. The number of benzene rings is 2. The lowest BCUT2D eigenvalue weighted by atomic mass is 10.2. The van der Waals surface area contributed by atoms with Gasteiger partial charge in [-0.05, 0) is 55.0 Å². The first-order valence-corrected chi connectivity index (χ1v) is 7.29. The van der Waals surface area contributed by atoms with E-state index in [0.717, 1.165) is 5.56 Å². The summed E-state index contributed by atoms with van der Waals surface area (Å²) in [6.07, 6.45) is 0. The zero-order valence-corrected chi connectivity index (χ0v) is 13.5. The van der Waals surface area contributed by atoms with Crippen LogP contribution in [0.4, 0.5) is 5.69 Å². The van der Waals surface area contributed by atoms with Crippen LogP contribution in [0.1, 0.15) is 12.5 Å². The standard InChI is InChI=1S/C17H16ClNO4/c1-11-9-15(7-8-16(11)18)22-10-17(21)23-14-5-3-13(4-6-14)19-12(2)20/h3-9H,10H2,1-2H3,(H,19,20). The largest absolute Gasteiger partial charge is 0.482 e. The lowest BCUT2D eigenvalue weighted by molar-refractivity contribution is -0.136. The predicted octanol–water partition coefficient (Wildman–Crippen LogP) is 3.59. The molecule has 0 heterocycles. The van der Waals surface area contributed by atoms with Gasteiger partial charge in [-0.3, -0.25) is 4.79 Å². The smallest absolute Gasteiger partial charge is 0.349 e. The van der Waals surface area contributed by atoms with Crippen LogP contribution >= 0.6 is 11.6 Å². The van der Waals surface area contributed by atoms with E-state index in [4.69, 9.17) is 21.1 Å². The number of ether oxygens (including phenoxy) is 2. The van der Waals surface area contributed by atoms with Gasteiger partial charge in [0.2, 0.25) is 5.91 Å². The molecule has 0 atom stereocenters. The average Bonchev–Trinajstić information content (AvgIpc) is 2.50. The van der Waals surface area contributed by atoms with Crippen molar-refractivity contribution in [3.05, 3.63) is 53.1 Å². The second-order valence-electron chi connectivity index (χ2n) is 4.88. The first-order valence-electron chi connectivity index (χ1n) is 6.91. The van der Waals surface area contributed by atoms with Crippen molar-refractivity contribution in [1.29, 1.82) is 0 Å². The van der Waals surface area contributed by atoms with E-state index in [2.05, 4.69) is 5.32 Å². The van der Waals surface area contributed by atoms with Gasteiger partial charge in [0.05, 0.1) is 0 Å². The zero-order valence-electron chi connectivity index (χ0n) is 12.8. The van der Waals surface area contributed by atoms with Crippen molar-refractivity contribution in [2.75, 3.05) is 11.9 Å². The van der Waals surface area contributed by atoms with Crippen LogP contribution in [0.25, 0.3) is 0 Å². The highest BCUT2D eigenvalue weighted by atomic mass is 35.5. The van der Waals surface area contributed by atoms with Crippen LogP contribution in [0.2, 0.25) is 5.02 Å². The fourth-order valence-corrected chi connectivity index (χ4v) is 1.94. The van der Waals surface area contributed by atoms with Crippen molar-refractivity contribution in [3.8, 4) is 11.5 Å². The predicted molar refractivity (Wildman–Crippen MR) is 88.1 cm³/mol. The molecule has 6 heteroatoms. The molecule has 0 saturated carbocycles. The van der Waals surface area contributed by atoms with Gasteiger partial charge in [-0.1, -0.05) is 11.6 Å². The summed E-state index contributed by atoms with van der Waals surface area (Å²) >= 11 is 5.92. The van der Waals surface area contributed by atoms with E-state index < -0.39 is 5.97 Å². The van der Waals surface area contributed by atoms with E-state index in [1.165, 1.54) is 6.92 Å². The Morgan fingerprint density at radius 1 is 1.09 bits per heavy atom. The summed E-state index contributed by atoms with van der Waals surface area (Å²) in [6, 6.07) is 11.6. The normalized spacial score (nSPS) is 10.0. The van der Waals surface area contributed by atoms with Crippen LogP contribution in [0.15, 0.2) is 42.5 Å². The quantitative estimate of drug-likeness (QED) is 0.671. The molecule has 23 heavy (non-hydrogen) atoms. The fraction of sp³-hybridized carbons (Fsp3) is 0.176. The number of aryl methyl sites for hydroxylation is 1. The molecule has 0 radical (unpaired) electrons. The van der Waals surface area contributed by atoms with Crippen LogP contribution in [0.3, 0.4) is 0 Å². The molecule has 1 N–H and O–H groups in total. The Balaban J connectivity index is 1.86. The molecule has 2 aromatic rings. The number of amides is 1. The molecule has 0 aliphatic heterocycles. The molecule has 2 aromatic carbocycles. The third kappa shape index (κ3) is 5.30. The van der Waals surface area contributed by atoms with Crippen LogP contribution in [-0.4, -0.2) is 18.5 Å². The Hall–Kier alpha value is -2.53. The average molecular weight is 334 g/mol. The number of esters is 1. The van der Waals surface area contributed by atoms with Crippen LogP contribution in [0.5, 0.6) is 11.5 Å². The summed E-state index contributed by atoms with van der Waals surface area (Å²) < 4.78 is 10.5. The fourth-order valence-electron chi connectivity index (χ4n) is 1.82. The van der Waals surface area contributed by atoms with Crippen molar-refractivity contribution in [2.45, 2.75) is 13.8 Å². The first-order chi connectivity index (χ1) is 10.9. The number of carbonyl (C=O) groups excluding carboxylic acids is 2. The van der Waals surface area contributed by atoms with Crippen molar-refractivity contribution in [3.63, 3.8) is 0 Å². The van der Waals surface area contributed by atoms with Gasteiger partial charge < -0.3 is 14.8 Å². The van der Waals surface area contributed by atoms with Crippen molar-refractivity contribution in [1.82, 2.24) is 0 Å². The molecule has 0 aliphatic rings. The Morgan fingerprint density at radius 2 is 1.74 bits per heavy atom. The van der Waals surface area contributed by atoms with Gasteiger partial charge in [0.25, 0.3) is 0 Å². The minimum absolute atomic E-state index is 0.165. The van der Waals surface area contributed by atoms with Gasteiger partial charge >= 0.3 is 5.97 Å². The van der Waals surface area contributed by atoms with E-state index >= 15 is 0 Å². The minimum atomic E-state index is -0.523. The Bertz CT molecular complexity index is 713. The van der Waals surface area contributed by atoms with E-state index in [0.29, 0.717) is 22.2 Å². The van der Waals surface area contributed by atoms with Crippen molar-refractivity contribution >= 4 is 29.2 Å². The van der Waals surface area contributed by atoms with E-state index in [1.807, 2.05) is 6.92 Å². The summed E-state index contributed by atoms with van der Waals surface area (Å²) in [5, 5.41) is 3.27. The number of halogens is 1. The van der Waals surface area contributed by atoms with Crippen LogP contribution in [-0.2, 0) is 9.59 Å². The Morgan fingerprint density at radius 3 is 2.35 bits per heavy atom. The minimum Gasteiger partial charge on any atom is -0.482 e. The highest BCUT2D eigenvalue weighted by Crippen LogP contribution is 2.21. The Labute approximate surface area is 139 Å². The van der Waals surface area contributed by atoms with E-state index in [1.54, 1.807) is 42.5 Å². The van der Waals surface area contributed by atoms with Gasteiger partial charge in [-0.2, -0.15) is 0 Å². The molecule has 2 rings (SSSR count). The maximum atomic E-state index is 11.8. The lowest BCUT2D eigenvalue weighted by Gasteiger charge is -2.08. The zero-order chi connectivity index (χ0) is 16.8. The lowest BCUT2D eigenvalue weighted by Crippen LogP contribution is -2.17. The van der Waals surface area contributed by atoms with E-state index in [9.17, 15) is 9.59 Å². The highest BCUT2D eigenvalue weighted by molar-refractivity contribution is 6.31. The summed E-state index contributed by atoms with van der Waals surface area (Å²) in [5.74, 6) is 0.233. The monoisotopic (exact) mass is 333 g/mol. The number of hydrogen-bond acceptors (Lipinski definition) is 4. The van der Waals surface area contributed by atoms with Gasteiger partial charge in [0.1, 0.15) is 11.5 Å². The third-order valence-corrected chi connectivity index (χ3v) is 3.32. The molecule has 0 aliphatic carbocycles. The summed E-state index contributed by atoms with van der Waals surface area (Å²) in [6.45, 7) is 3.06. The molecular weight excluding hydrogens is 318 g/mol. The maximum Gasteiger partial charge on any atom is 0.349 e. The Kier molecular flexibility index (Phi) is 5.60. The summed E-state index contributed by atoms with van der Waals surface area (Å²) in [5.41, 5.74) is 1.50. The number of hydrogen-bond donors (Lipinski definition) is 1. The topological polar surface area (TPSA) is 64.6 Å². The molecule has 0 spiro atoms. The van der Waals surface area contributed by atoms with Gasteiger partial charge in [-0.15, -0.1) is 0 Å². The molecule has 0 saturated heterocycles. The number of nitrogens with one attached hydrogen (secondary N) is 1. The molecule has 0 fully saturated rings.